The second-order valence-corrected chi connectivity index (χ2v) is 6.75. The minimum Gasteiger partial charge on any atom is -0.468 e. The van der Waals surface area contributed by atoms with Crippen LogP contribution < -0.4 is 5.32 Å². The largest absolute Gasteiger partial charge is 0.468 e. The lowest BCUT2D eigenvalue weighted by molar-refractivity contribution is -0.149. The molecule has 5 nitrogen and oxygen atoms in total. The molecule has 5 heteroatoms. The molecule has 2 atom stereocenters. The standard InChI is InChI=1S/C16H27NO4/c1-19-15(18)16(17-13-2-3-13)7-4-14(10-16)21-11-12-5-8-20-9-6-12/h12-14,17H,2-11H2,1H3. The van der Waals surface area contributed by atoms with E-state index in [1.165, 1.54) is 20.0 Å². The van der Waals surface area contributed by atoms with Crippen molar-refractivity contribution in [1.29, 1.82) is 0 Å². The van der Waals surface area contributed by atoms with Crippen LogP contribution in [0.1, 0.15) is 44.9 Å². The zero-order chi connectivity index (χ0) is 14.7. The van der Waals surface area contributed by atoms with Gasteiger partial charge in [-0.25, -0.2) is 0 Å². The molecule has 2 saturated carbocycles. The van der Waals surface area contributed by atoms with Gasteiger partial charge < -0.3 is 14.2 Å². The topological polar surface area (TPSA) is 56.8 Å². The summed E-state index contributed by atoms with van der Waals surface area (Å²) in [7, 11) is 1.48. The highest BCUT2D eigenvalue weighted by Crippen LogP contribution is 2.36. The van der Waals surface area contributed by atoms with Gasteiger partial charge in [0.2, 0.25) is 0 Å². The SMILES string of the molecule is COC(=O)C1(NC2CC2)CCC(OCC2CCOCC2)C1. The second-order valence-electron chi connectivity index (χ2n) is 6.75. The van der Waals surface area contributed by atoms with Crippen LogP contribution in [-0.2, 0) is 19.0 Å². The Balaban J connectivity index is 1.50. The van der Waals surface area contributed by atoms with Crippen LogP contribution in [-0.4, -0.2) is 50.6 Å². The Morgan fingerprint density at radius 3 is 2.67 bits per heavy atom. The van der Waals surface area contributed by atoms with Crippen molar-refractivity contribution >= 4 is 5.97 Å². The molecule has 0 aromatic carbocycles. The fourth-order valence-corrected chi connectivity index (χ4v) is 3.52. The fourth-order valence-electron chi connectivity index (χ4n) is 3.52. The quantitative estimate of drug-likeness (QED) is 0.755. The summed E-state index contributed by atoms with van der Waals surface area (Å²) >= 11 is 0. The Morgan fingerprint density at radius 2 is 2.00 bits per heavy atom. The first kappa shape index (κ1) is 15.3. The lowest BCUT2D eigenvalue weighted by Crippen LogP contribution is -2.52. The van der Waals surface area contributed by atoms with Gasteiger partial charge in [-0.1, -0.05) is 0 Å². The zero-order valence-electron chi connectivity index (χ0n) is 12.9. The van der Waals surface area contributed by atoms with Crippen LogP contribution in [0, 0.1) is 5.92 Å². The maximum atomic E-state index is 12.2. The number of nitrogens with one attached hydrogen (secondary N) is 1. The third kappa shape index (κ3) is 3.76. The molecule has 0 aromatic rings. The molecule has 1 saturated heterocycles. The molecule has 3 rings (SSSR count). The maximum Gasteiger partial charge on any atom is 0.326 e. The van der Waals surface area contributed by atoms with Gasteiger partial charge in [0.05, 0.1) is 13.2 Å². The normalized spacial score (nSPS) is 34.0. The van der Waals surface area contributed by atoms with Gasteiger partial charge in [0.1, 0.15) is 5.54 Å². The van der Waals surface area contributed by atoms with Gasteiger partial charge >= 0.3 is 5.97 Å². The van der Waals surface area contributed by atoms with E-state index in [9.17, 15) is 4.79 Å². The lowest BCUT2D eigenvalue weighted by Gasteiger charge is -2.28. The van der Waals surface area contributed by atoms with Crippen LogP contribution in [0.5, 0.6) is 0 Å². The highest BCUT2D eigenvalue weighted by atomic mass is 16.5. The molecule has 0 spiro atoms. The first-order valence-corrected chi connectivity index (χ1v) is 8.27. The number of esters is 1. The Bertz CT molecular complexity index is 365. The van der Waals surface area contributed by atoms with E-state index in [1.807, 2.05) is 0 Å². The molecule has 120 valence electrons. The van der Waals surface area contributed by atoms with Crippen molar-refractivity contribution in [3.05, 3.63) is 0 Å². The van der Waals surface area contributed by atoms with E-state index in [0.717, 1.165) is 51.9 Å². The molecule has 0 aromatic heterocycles. The van der Waals surface area contributed by atoms with Gasteiger partial charge in [0.25, 0.3) is 0 Å². The van der Waals surface area contributed by atoms with Crippen molar-refractivity contribution < 1.29 is 19.0 Å². The van der Waals surface area contributed by atoms with E-state index in [4.69, 9.17) is 14.2 Å². The summed E-state index contributed by atoms with van der Waals surface area (Å²) in [6, 6.07) is 0.498. The van der Waals surface area contributed by atoms with E-state index < -0.39 is 5.54 Å². The maximum absolute atomic E-state index is 12.2. The average Bonchev–Trinajstić information content (AvgIpc) is 3.23. The number of carbonyl (C=O) groups is 1. The number of hydrogen-bond acceptors (Lipinski definition) is 5. The molecule has 2 aliphatic carbocycles. The third-order valence-electron chi connectivity index (χ3n) is 5.01. The molecule has 2 unspecified atom stereocenters. The number of rotatable bonds is 6. The minimum atomic E-state index is -0.504. The van der Waals surface area contributed by atoms with Gasteiger partial charge in [0.15, 0.2) is 0 Å². The first-order valence-electron chi connectivity index (χ1n) is 8.27. The van der Waals surface area contributed by atoms with E-state index in [2.05, 4.69) is 5.32 Å². The van der Waals surface area contributed by atoms with Gasteiger partial charge in [-0.15, -0.1) is 0 Å². The van der Waals surface area contributed by atoms with E-state index >= 15 is 0 Å². The highest BCUT2D eigenvalue weighted by molar-refractivity contribution is 5.81. The Morgan fingerprint density at radius 1 is 1.24 bits per heavy atom. The molecular weight excluding hydrogens is 270 g/mol. The number of carbonyl (C=O) groups excluding carboxylic acids is 1. The van der Waals surface area contributed by atoms with Crippen LogP contribution in [0.4, 0.5) is 0 Å². The predicted molar refractivity (Wildman–Crippen MR) is 78.0 cm³/mol. The molecule has 0 radical (unpaired) electrons. The monoisotopic (exact) mass is 297 g/mol. The van der Waals surface area contributed by atoms with E-state index in [-0.39, 0.29) is 12.1 Å². The molecular formula is C16H27NO4. The summed E-state index contributed by atoms with van der Waals surface area (Å²) in [5, 5.41) is 3.51. The molecule has 0 amide bonds. The van der Waals surface area contributed by atoms with Crippen LogP contribution >= 0.6 is 0 Å². The van der Waals surface area contributed by atoms with Crippen LogP contribution in [0.2, 0.25) is 0 Å². The summed E-state index contributed by atoms with van der Waals surface area (Å²) in [5.41, 5.74) is -0.504. The highest BCUT2D eigenvalue weighted by Gasteiger charge is 2.49. The van der Waals surface area contributed by atoms with Crippen LogP contribution in [0.3, 0.4) is 0 Å². The molecule has 3 aliphatic rings. The summed E-state index contributed by atoms with van der Waals surface area (Å²) in [6.07, 6.45) is 7.23. The van der Waals surface area contributed by atoms with E-state index in [0.29, 0.717) is 12.0 Å². The molecule has 0 bridgehead atoms. The molecule has 1 heterocycles. The minimum absolute atomic E-state index is 0.119. The molecule has 3 fully saturated rings. The smallest absolute Gasteiger partial charge is 0.326 e. The summed E-state index contributed by atoms with van der Waals surface area (Å²) < 4.78 is 16.5. The van der Waals surface area contributed by atoms with E-state index in [1.54, 1.807) is 0 Å². The number of ether oxygens (including phenoxy) is 3. The van der Waals surface area contributed by atoms with Crippen LogP contribution in [0.25, 0.3) is 0 Å². The predicted octanol–water partition coefficient (Wildman–Crippen LogP) is 1.65. The van der Waals surface area contributed by atoms with Crippen molar-refractivity contribution in [1.82, 2.24) is 5.32 Å². The summed E-state index contributed by atoms with van der Waals surface area (Å²) in [5.74, 6) is 0.495. The fraction of sp³-hybridized carbons (Fsp3) is 0.938. The Labute approximate surface area is 126 Å². The summed E-state index contributed by atoms with van der Waals surface area (Å²) in [4.78, 5) is 12.2. The molecule has 21 heavy (non-hydrogen) atoms. The lowest BCUT2D eigenvalue weighted by atomic mass is 9.97. The zero-order valence-corrected chi connectivity index (χ0v) is 12.9. The first-order chi connectivity index (χ1) is 10.2. The average molecular weight is 297 g/mol. The van der Waals surface area contributed by atoms with Crippen molar-refractivity contribution in [3.8, 4) is 0 Å². The van der Waals surface area contributed by atoms with Crippen LogP contribution in [0.15, 0.2) is 0 Å². The third-order valence-corrected chi connectivity index (χ3v) is 5.01. The van der Waals surface area contributed by atoms with Gasteiger partial charge in [-0.3, -0.25) is 10.1 Å². The second kappa shape index (κ2) is 6.63. The molecule has 1 N–H and O–H groups in total. The Hall–Kier alpha value is -0.650. The Kier molecular flexibility index (Phi) is 4.82. The molecule has 1 aliphatic heterocycles. The van der Waals surface area contributed by atoms with Crippen molar-refractivity contribution in [3.63, 3.8) is 0 Å². The number of hydrogen-bond donors (Lipinski definition) is 1. The van der Waals surface area contributed by atoms with Gasteiger partial charge in [-0.05, 0) is 44.4 Å². The van der Waals surface area contributed by atoms with Gasteiger partial charge in [-0.2, -0.15) is 0 Å². The van der Waals surface area contributed by atoms with Crippen molar-refractivity contribution in [2.75, 3.05) is 26.9 Å². The van der Waals surface area contributed by atoms with Gasteiger partial charge in [0, 0.05) is 32.3 Å². The summed E-state index contributed by atoms with van der Waals surface area (Å²) in [6.45, 7) is 2.51. The van der Waals surface area contributed by atoms with Crippen molar-refractivity contribution in [2.24, 2.45) is 5.92 Å². The number of methoxy groups -OCH3 is 1. The van der Waals surface area contributed by atoms with Crippen molar-refractivity contribution in [2.45, 2.75) is 62.6 Å².